The molecule has 0 radical (unpaired) electrons. The van der Waals surface area contributed by atoms with E-state index in [0.717, 1.165) is 35.3 Å². The SMILES string of the molecule is Cc1cc2c(O)c(c1)C1OC(C)CN1CCN=Cc1cc(C)cc(c1O)C1OC(C)CN1CCN=C2. The molecule has 4 unspecified atom stereocenters. The van der Waals surface area contributed by atoms with Crippen LogP contribution in [0.2, 0.25) is 0 Å². The summed E-state index contributed by atoms with van der Waals surface area (Å²) < 4.78 is 12.4. The summed E-state index contributed by atoms with van der Waals surface area (Å²) in [6, 6.07) is 7.88. The van der Waals surface area contributed by atoms with Gasteiger partial charge in [0.05, 0.1) is 25.3 Å². The highest BCUT2D eigenvalue weighted by Gasteiger charge is 2.35. The van der Waals surface area contributed by atoms with E-state index in [9.17, 15) is 10.2 Å². The second kappa shape index (κ2) is 10.3. The summed E-state index contributed by atoms with van der Waals surface area (Å²) in [5.74, 6) is 0.425. The largest absolute Gasteiger partial charge is 0.507 e. The van der Waals surface area contributed by atoms with Crippen molar-refractivity contribution in [1.29, 1.82) is 0 Å². The number of nitrogens with zero attached hydrogens (tertiary/aromatic N) is 4. The average molecular weight is 493 g/mol. The van der Waals surface area contributed by atoms with Crippen LogP contribution >= 0.6 is 0 Å². The number of aromatic hydroxyl groups is 2. The first-order valence-electron chi connectivity index (χ1n) is 12.8. The molecule has 4 atom stereocenters. The Bertz CT molecular complexity index is 1090. The maximum atomic E-state index is 11.1. The molecule has 2 aromatic rings. The van der Waals surface area contributed by atoms with E-state index in [1.54, 1.807) is 12.4 Å². The minimum Gasteiger partial charge on any atom is -0.507 e. The number of phenols is 2. The van der Waals surface area contributed by atoms with Gasteiger partial charge >= 0.3 is 0 Å². The second-order valence-electron chi connectivity index (χ2n) is 10.2. The molecule has 2 saturated heterocycles. The Morgan fingerprint density at radius 3 is 1.56 bits per heavy atom. The van der Waals surface area contributed by atoms with Gasteiger partial charge in [0.1, 0.15) is 24.0 Å². The van der Waals surface area contributed by atoms with Gasteiger partial charge in [-0.25, -0.2) is 0 Å². The van der Waals surface area contributed by atoms with E-state index in [0.29, 0.717) is 37.3 Å². The molecule has 2 fully saturated rings. The third kappa shape index (κ3) is 5.04. The molecule has 0 spiro atoms. The van der Waals surface area contributed by atoms with Gasteiger partial charge in [-0.2, -0.15) is 0 Å². The van der Waals surface area contributed by atoms with Crippen molar-refractivity contribution in [2.45, 2.75) is 52.4 Å². The molecule has 3 heterocycles. The Kier molecular flexibility index (Phi) is 7.12. The fourth-order valence-electron chi connectivity index (χ4n) is 5.45. The van der Waals surface area contributed by atoms with Crippen molar-refractivity contribution in [3.05, 3.63) is 57.6 Å². The van der Waals surface area contributed by atoms with Gasteiger partial charge in [0.25, 0.3) is 0 Å². The van der Waals surface area contributed by atoms with Gasteiger partial charge in [-0.05, 0) is 63.1 Å². The van der Waals surface area contributed by atoms with Crippen LogP contribution < -0.4 is 0 Å². The first-order valence-corrected chi connectivity index (χ1v) is 12.8. The minimum absolute atomic E-state index is 0.0457. The molecule has 2 aromatic carbocycles. The first kappa shape index (κ1) is 24.9. The lowest BCUT2D eigenvalue weighted by atomic mass is 10.0. The van der Waals surface area contributed by atoms with Gasteiger partial charge in [-0.15, -0.1) is 0 Å². The number of aryl methyl sites for hydroxylation is 2. The monoisotopic (exact) mass is 492 g/mol. The molecule has 36 heavy (non-hydrogen) atoms. The van der Waals surface area contributed by atoms with Crippen LogP contribution in [0.4, 0.5) is 0 Å². The average Bonchev–Trinajstić information content (AvgIpc) is 3.39. The van der Waals surface area contributed by atoms with E-state index >= 15 is 0 Å². The lowest BCUT2D eigenvalue weighted by molar-refractivity contribution is 0.00376. The summed E-state index contributed by atoms with van der Waals surface area (Å²) in [5.41, 5.74) is 4.99. The number of hydrogen-bond donors (Lipinski definition) is 2. The van der Waals surface area contributed by atoms with Crippen molar-refractivity contribution in [2.24, 2.45) is 9.98 Å². The zero-order valence-corrected chi connectivity index (χ0v) is 21.5. The Balaban J connectivity index is 1.53. The molecule has 8 nitrogen and oxygen atoms in total. The molecule has 8 heteroatoms. The summed E-state index contributed by atoms with van der Waals surface area (Å²) >= 11 is 0. The maximum absolute atomic E-state index is 11.1. The normalized spacial score (nSPS) is 27.4. The van der Waals surface area contributed by atoms with E-state index in [4.69, 9.17) is 9.47 Å². The Labute approximate surface area is 212 Å². The number of phenolic OH excluding ortho intramolecular Hbond substituents is 2. The summed E-state index contributed by atoms with van der Waals surface area (Å²) in [4.78, 5) is 13.7. The Morgan fingerprint density at radius 2 is 1.14 bits per heavy atom. The van der Waals surface area contributed by atoms with Crippen LogP contribution in [0.25, 0.3) is 0 Å². The molecule has 3 aliphatic heterocycles. The van der Waals surface area contributed by atoms with Crippen molar-refractivity contribution in [3.63, 3.8) is 0 Å². The van der Waals surface area contributed by atoms with Crippen molar-refractivity contribution in [2.75, 3.05) is 39.3 Å². The molecule has 4 bridgehead atoms. The summed E-state index contributed by atoms with van der Waals surface area (Å²) in [7, 11) is 0. The number of hydrogen-bond acceptors (Lipinski definition) is 8. The van der Waals surface area contributed by atoms with Crippen LogP contribution in [0.3, 0.4) is 0 Å². The van der Waals surface area contributed by atoms with E-state index in [-0.39, 0.29) is 36.2 Å². The van der Waals surface area contributed by atoms with Gasteiger partial charge in [0.15, 0.2) is 0 Å². The topological polar surface area (TPSA) is 90.1 Å². The summed E-state index contributed by atoms with van der Waals surface area (Å²) in [5, 5.41) is 22.3. The van der Waals surface area contributed by atoms with Crippen LogP contribution in [-0.4, -0.2) is 83.9 Å². The van der Waals surface area contributed by atoms with E-state index in [1.165, 1.54) is 0 Å². The predicted octanol–water partition coefficient (Wildman–Crippen LogP) is 3.70. The first-order chi connectivity index (χ1) is 17.3. The highest BCUT2D eigenvalue weighted by atomic mass is 16.5. The zero-order valence-electron chi connectivity index (χ0n) is 21.5. The Hall–Kier alpha value is -2.78. The molecule has 2 N–H and O–H groups in total. The third-order valence-electron chi connectivity index (χ3n) is 7.02. The van der Waals surface area contributed by atoms with Gasteiger partial charge in [0, 0.05) is 60.9 Å². The fourth-order valence-corrected chi connectivity index (χ4v) is 5.45. The van der Waals surface area contributed by atoms with Crippen molar-refractivity contribution < 1.29 is 19.7 Å². The van der Waals surface area contributed by atoms with Gasteiger partial charge in [-0.1, -0.05) is 0 Å². The number of fused-ring (bicyclic) bond motifs is 8. The van der Waals surface area contributed by atoms with Crippen molar-refractivity contribution in [3.8, 4) is 11.5 Å². The van der Waals surface area contributed by atoms with Crippen LogP contribution in [0.5, 0.6) is 11.5 Å². The number of rotatable bonds is 0. The lowest BCUT2D eigenvalue weighted by Gasteiger charge is -2.25. The zero-order chi connectivity index (χ0) is 25.4. The van der Waals surface area contributed by atoms with E-state index < -0.39 is 0 Å². The molecular formula is C28H36N4O4. The smallest absolute Gasteiger partial charge is 0.140 e. The molecule has 0 amide bonds. The molecule has 0 aliphatic carbocycles. The fraction of sp³-hybridized carbons (Fsp3) is 0.500. The van der Waals surface area contributed by atoms with Crippen LogP contribution in [0, 0.1) is 13.8 Å². The maximum Gasteiger partial charge on any atom is 0.140 e. The van der Waals surface area contributed by atoms with Crippen molar-refractivity contribution in [1.82, 2.24) is 9.80 Å². The van der Waals surface area contributed by atoms with Gasteiger partial charge in [0.2, 0.25) is 0 Å². The number of aliphatic imine (C=N–C) groups is 2. The van der Waals surface area contributed by atoms with Crippen LogP contribution in [0.1, 0.15) is 59.7 Å². The standard InChI is InChI=1S/C28H36N4O4/c1-17-9-21-13-29-5-8-32-16-20(4)36-28(32)24-12-18(2)10-22(26(24)34)14-30-6-7-31-15-19(3)35-27(31)23(11-17)25(21)33/h9-14,19-20,27-28,33-34H,5-8,15-16H2,1-4H3. The summed E-state index contributed by atoms with van der Waals surface area (Å²) in [6.07, 6.45) is 2.90. The second-order valence-corrected chi connectivity index (χ2v) is 10.2. The van der Waals surface area contributed by atoms with E-state index in [2.05, 4.69) is 19.8 Å². The highest BCUT2D eigenvalue weighted by molar-refractivity contribution is 5.85. The van der Waals surface area contributed by atoms with Gasteiger partial charge in [-0.3, -0.25) is 19.8 Å². The van der Waals surface area contributed by atoms with Gasteiger partial charge < -0.3 is 19.7 Å². The number of benzene rings is 2. The molecule has 0 aromatic heterocycles. The Morgan fingerprint density at radius 1 is 0.722 bits per heavy atom. The predicted molar refractivity (Wildman–Crippen MR) is 140 cm³/mol. The quantitative estimate of drug-likeness (QED) is 0.583. The minimum atomic E-state index is -0.343. The number of ether oxygens (including phenoxy) is 2. The molecular weight excluding hydrogens is 456 g/mol. The van der Waals surface area contributed by atoms with Crippen LogP contribution in [-0.2, 0) is 9.47 Å². The van der Waals surface area contributed by atoms with Crippen molar-refractivity contribution >= 4 is 12.4 Å². The third-order valence-corrected chi connectivity index (χ3v) is 7.02. The van der Waals surface area contributed by atoms with Crippen LogP contribution in [0.15, 0.2) is 34.3 Å². The molecule has 0 saturated carbocycles. The summed E-state index contributed by atoms with van der Waals surface area (Å²) in [6.45, 7) is 12.1. The molecule has 5 rings (SSSR count). The lowest BCUT2D eigenvalue weighted by Crippen LogP contribution is -2.28. The molecule has 3 aliphatic rings. The van der Waals surface area contributed by atoms with E-state index in [1.807, 2.05) is 52.0 Å². The highest BCUT2D eigenvalue weighted by Crippen LogP contribution is 2.38. The molecule has 192 valence electrons.